The Hall–Kier alpha value is -2.08. The molecule has 2 aliphatic rings. The molecule has 2 heterocycles. The Morgan fingerprint density at radius 2 is 1.63 bits per heavy atom. The van der Waals surface area contributed by atoms with E-state index in [4.69, 9.17) is 11.6 Å². The third-order valence-electron chi connectivity index (χ3n) is 6.41. The average Bonchev–Trinajstić information content (AvgIpc) is 2.75. The highest BCUT2D eigenvalue weighted by Crippen LogP contribution is 2.20. The zero-order valence-corrected chi connectivity index (χ0v) is 18.6. The van der Waals surface area contributed by atoms with E-state index in [0.29, 0.717) is 12.5 Å². The van der Waals surface area contributed by atoms with Gasteiger partial charge in [0, 0.05) is 42.5 Å². The van der Waals surface area contributed by atoms with Crippen LogP contribution >= 0.6 is 11.6 Å². The predicted molar refractivity (Wildman–Crippen MR) is 121 cm³/mol. The SMILES string of the molecule is Cc1cccc(C[NH+]2CC[NH+](CC(=O)N3CCN(c4cccc(Cl)c4)CC3)CC2)c1. The average molecular weight is 429 g/mol. The number of rotatable bonds is 5. The van der Waals surface area contributed by atoms with Gasteiger partial charge in [0.25, 0.3) is 5.91 Å². The molecule has 6 heteroatoms. The molecule has 0 atom stereocenters. The highest BCUT2D eigenvalue weighted by atomic mass is 35.5. The smallest absolute Gasteiger partial charge is 0.277 e. The Kier molecular flexibility index (Phi) is 6.93. The van der Waals surface area contributed by atoms with Gasteiger partial charge in [0.15, 0.2) is 6.54 Å². The van der Waals surface area contributed by atoms with Gasteiger partial charge in [-0.1, -0.05) is 47.5 Å². The molecule has 2 aromatic carbocycles. The molecular weight excluding hydrogens is 396 g/mol. The highest BCUT2D eigenvalue weighted by Gasteiger charge is 2.28. The molecular formula is C24H33ClN4O+2. The van der Waals surface area contributed by atoms with Crippen LogP contribution in [0, 0.1) is 6.92 Å². The fourth-order valence-corrected chi connectivity index (χ4v) is 4.82. The number of anilines is 1. The van der Waals surface area contributed by atoms with Gasteiger partial charge in [-0.05, 0) is 25.1 Å². The second kappa shape index (κ2) is 9.82. The second-order valence-electron chi connectivity index (χ2n) is 8.69. The largest absolute Gasteiger partial charge is 0.368 e. The number of halogens is 1. The predicted octanol–water partition coefficient (Wildman–Crippen LogP) is 0.281. The summed E-state index contributed by atoms with van der Waals surface area (Å²) in [6, 6.07) is 16.8. The van der Waals surface area contributed by atoms with Gasteiger partial charge in [0.1, 0.15) is 32.7 Å². The molecule has 5 nitrogen and oxygen atoms in total. The van der Waals surface area contributed by atoms with Crippen molar-refractivity contribution in [3.05, 3.63) is 64.7 Å². The lowest BCUT2D eigenvalue weighted by atomic mass is 10.1. The van der Waals surface area contributed by atoms with E-state index in [1.807, 2.05) is 23.1 Å². The monoisotopic (exact) mass is 428 g/mol. The van der Waals surface area contributed by atoms with Gasteiger partial charge in [-0.3, -0.25) is 4.79 Å². The number of carbonyl (C=O) groups is 1. The van der Waals surface area contributed by atoms with Gasteiger partial charge in [0.2, 0.25) is 0 Å². The van der Waals surface area contributed by atoms with E-state index in [1.165, 1.54) is 16.0 Å². The number of carbonyl (C=O) groups excluding carboxylic acids is 1. The first-order chi connectivity index (χ1) is 14.6. The van der Waals surface area contributed by atoms with Crippen LogP contribution in [0.4, 0.5) is 5.69 Å². The minimum absolute atomic E-state index is 0.304. The summed E-state index contributed by atoms with van der Waals surface area (Å²) in [5.74, 6) is 0.304. The number of piperazine rings is 2. The van der Waals surface area contributed by atoms with E-state index >= 15 is 0 Å². The Bertz CT molecular complexity index is 858. The second-order valence-corrected chi connectivity index (χ2v) is 9.13. The summed E-state index contributed by atoms with van der Waals surface area (Å²) in [6.45, 7) is 11.6. The maximum atomic E-state index is 12.8. The number of benzene rings is 2. The summed E-state index contributed by atoms with van der Waals surface area (Å²) in [4.78, 5) is 20.3. The lowest BCUT2D eigenvalue weighted by Gasteiger charge is -2.37. The van der Waals surface area contributed by atoms with Crippen molar-refractivity contribution in [1.82, 2.24) is 4.90 Å². The van der Waals surface area contributed by atoms with E-state index < -0.39 is 0 Å². The number of aryl methyl sites for hydroxylation is 1. The summed E-state index contributed by atoms with van der Waals surface area (Å²) >= 11 is 6.12. The van der Waals surface area contributed by atoms with Crippen LogP contribution in [0.2, 0.25) is 5.02 Å². The molecule has 2 saturated heterocycles. The van der Waals surface area contributed by atoms with Gasteiger partial charge < -0.3 is 19.6 Å². The van der Waals surface area contributed by atoms with Gasteiger partial charge in [-0.25, -0.2) is 0 Å². The molecule has 2 aliphatic heterocycles. The number of hydrogen-bond donors (Lipinski definition) is 2. The Labute approximate surface area is 184 Å². The Balaban J connectivity index is 1.20. The van der Waals surface area contributed by atoms with Gasteiger partial charge in [-0.15, -0.1) is 0 Å². The zero-order valence-electron chi connectivity index (χ0n) is 17.9. The van der Waals surface area contributed by atoms with Crippen LogP contribution in [-0.4, -0.2) is 69.7 Å². The summed E-state index contributed by atoms with van der Waals surface area (Å²) in [5, 5.41) is 0.762. The van der Waals surface area contributed by atoms with Crippen molar-refractivity contribution in [3.8, 4) is 0 Å². The van der Waals surface area contributed by atoms with E-state index in [1.54, 1.807) is 4.90 Å². The molecule has 0 saturated carbocycles. The molecule has 2 fully saturated rings. The first kappa shape index (κ1) is 21.2. The number of quaternary nitrogens is 2. The molecule has 0 radical (unpaired) electrons. The number of hydrogen-bond acceptors (Lipinski definition) is 2. The molecule has 0 aliphatic carbocycles. The normalized spacial score (nSPS) is 22.2. The fraction of sp³-hybridized carbons (Fsp3) is 0.458. The van der Waals surface area contributed by atoms with Crippen LogP contribution in [-0.2, 0) is 11.3 Å². The number of nitrogens with one attached hydrogen (secondary N) is 2. The van der Waals surface area contributed by atoms with E-state index in [0.717, 1.165) is 69.6 Å². The molecule has 2 N–H and O–H groups in total. The minimum Gasteiger partial charge on any atom is -0.368 e. The van der Waals surface area contributed by atoms with Crippen molar-refractivity contribution in [2.75, 3.05) is 63.8 Å². The zero-order chi connectivity index (χ0) is 20.9. The molecule has 160 valence electrons. The lowest BCUT2D eigenvalue weighted by Crippen LogP contribution is -3.28. The Morgan fingerprint density at radius 3 is 2.33 bits per heavy atom. The summed E-state index contributed by atoms with van der Waals surface area (Å²) in [6.07, 6.45) is 0. The quantitative estimate of drug-likeness (QED) is 0.717. The van der Waals surface area contributed by atoms with Crippen molar-refractivity contribution in [2.24, 2.45) is 0 Å². The van der Waals surface area contributed by atoms with Gasteiger partial charge in [-0.2, -0.15) is 0 Å². The van der Waals surface area contributed by atoms with E-state index in [2.05, 4.69) is 42.2 Å². The molecule has 0 unspecified atom stereocenters. The molecule has 0 aromatic heterocycles. The topological polar surface area (TPSA) is 32.4 Å². The standard InChI is InChI=1S/C24H31ClN4O/c1-20-4-2-5-21(16-20)18-26-8-10-27(11-9-26)19-24(30)29-14-12-28(13-15-29)23-7-3-6-22(25)17-23/h2-7,16-17H,8-15,18-19H2,1H3/p+2. The molecule has 4 rings (SSSR count). The van der Waals surface area contributed by atoms with Crippen LogP contribution < -0.4 is 14.7 Å². The summed E-state index contributed by atoms with van der Waals surface area (Å²) in [7, 11) is 0. The summed E-state index contributed by atoms with van der Waals surface area (Å²) in [5.41, 5.74) is 3.90. The van der Waals surface area contributed by atoms with Crippen LogP contribution in [0.15, 0.2) is 48.5 Å². The third kappa shape index (κ3) is 5.54. The van der Waals surface area contributed by atoms with Gasteiger partial charge in [0.05, 0.1) is 0 Å². The highest BCUT2D eigenvalue weighted by molar-refractivity contribution is 6.30. The van der Waals surface area contributed by atoms with Crippen molar-refractivity contribution >= 4 is 23.2 Å². The van der Waals surface area contributed by atoms with E-state index in [9.17, 15) is 4.79 Å². The molecule has 30 heavy (non-hydrogen) atoms. The van der Waals surface area contributed by atoms with E-state index in [-0.39, 0.29) is 0 Å². The van der Waals surface area contributed by atoms with Crippen LogP contribution in [0.25, 0.3) is 0 Å². The summed E-state index contributed by atoms with van der Waals surface area (Å²) < 4.78 is 0. The van der Waals surface area contributed by atoms with Gasteiger partial charge >= 0.3 is 0 Å². The van der Waals surface area contributed by atoms with Crippen LogP contribution in [0.5, 0.6) is 0 Å². The number of amides is 1. The lowest BCUT2D eigenvalue weighted by molar-refractivity contribution is -1.02. The first-order valence-corrected chi connectivity index (χ1v) is 11.5. The van der Waals surface area contributed by atoms with Crippen molar-refractivity contribution < 1.29 is 14.6 Å². The first-order valence-electron chi connectivity index (χ1n) is 11.1. The molecule has 0 spiro atoms. The molecule has 0 bridgehead atoms. The minimum atomic E-state index is 0.304. The third-order valence-corrected chi connectivity index (χ3v) is 6.64. The van der Waals surface area contributed by atoms with Crippen molar-refractivity contribution in [2.45, 2.75) is 13.5 Å². The molecule has 2 aromatic rings. The van der Waals surface area contributed by atoms with Crippen LogP contribution in [0.3, 0.4) is 0 Å². The van der Waals surface area contributed by atoms with Crippen molar-refractivity contribution in [3.63, 3.8) is 0 Å². The number of nitrogens with zero attached hydrogens (tertiary/aromatic N) is 2. The van der Waals surface area contributed by atoms with Crippen LogP contribution in [0.1, 0.15) is 11.1 Å². The maximum absolute atomic E-state index is 12.8. The fourth-order valence-electron chi connectivity index (χ4n) is 4.63. The van der Waals surface area contributed by atoms with Crippen molar-refractivity contribution in [1.29, 1.82) is 0 Å². The molecule has 1 amide bonds. The Morgan fingerprint density at radius 1 is 0.933 bits per heavy atom. The maximum Gasteiger partial charge on any atom is 0.277 e.